The van der Waals surface area contributed by atoms with Crippen LogP contribution in [0.4, 0.5) is 0 Å². The molecule has 0 aliphatic rings. The van der Waals surface area contributed by atoms with Crippen molar-refractivity contribution in [2.75, 3.05) is 0 Å². The Morgan fingerprint density at radius 1 is 1.12 bits per heavy atom. The van der Waals surface area contributed by atoms with E-state index in [1.54, 1.807) is 0 Å². The van der Waals surface area contributed by atoms with Gasteiger partial charge in [0.05, 0.1) is 5.92 Å². The van der Waals surface area contributed by atoms with Crippen LogP contribution in [0.25, 0.3) is 0 Å². The predicted octanol–water partition coefficient (Wildman–Crippen LogP) is 4.18. The maximum Gasteiger partial charge on any atom is 0.309 e. The van der Waals surface area contributed by atoms with Crippen LogP contribution in [0.5, 0.6) is 0 Å². The maximum atomic E-state index is 11.9. The Bertz CT molecular complexity index is 187. The van der Waals surface area contributed by atoms with E-state index in [2.05, 4.69) is 34.6 Å². The summed E-state index contributed by atoms with van der Waals surface area (Å²) < 4.78 is 5.56. The molecule has 96 valence electrons. The van der Waals surface area contributed by atoms with Gasteiger partial charge in [-0.2, -0.15) is 0 Å². The van der Waals surface area contributed by atoms with Crippen LogP contribution in [0.3, 0.4) is 0 Å². The van der Waals surface area contributed by atoms with Crippen molar-refractivity contribution in [3.63, 3.8) is 0 Å². The molecule has 0 N–H and O–H groups in total. The molecule has 0 aliphatic heterocycles. The highest BCUT2D eigenvalue weighted by molar-refractivity contribution is 5.72. The minimum atomic E-state index is 0.0106. The molecule has 0 spiro atoms. The van der Waals surface area contributed by atoms with Gasteiger partial charge in [0.15, 0.2) is 0 Å². The van der Waals surface area contributed by atoms with Crippen molar-refractivity contribution in [2.24, 2.45) is 11.8 Å². The van der Waals surface area contributed by atoms with Gasteiger partial charge in [-0.25, -0.2) is 0 Å². The summed E-state index contributed by atoms with van der Waals surface area (Å²) in [4.78, 5) is 11.9. The van der Waals surface area contributed by atoms with E-state index in [0.29, 0.717) is 5.92 Å². The van der Waals surface area contributed by atoms with Crippen LogP contribution in [0.15, 0.2) is 0 Å². The van der Waals surface area contributed by atoms with Crippen LogP contribution in [0, 0.1) is 11.8 Å². The smallest absolute Gasteiger partial charge is 0.309 e. The Labute approximate surface area is 101 Å². The number of carbonyl (C=O) groups excluding carboxylic acids is 1. The van der Waals surface area contributed by atoms with E-state index in [-0.39, 0.29) is 18.0 Å². The molecule has 0 saturated carbocycles. The lowest BCUT2D eigenvalue weighted by Gasteiger charge is -2.21. The zero-order valence-corrected chi connectivity index (χ0v) is 11.6. The minimum Gasteiger partial charge on any atom is -0.462 e. The Balaban J connectivity index is 4.17. The van der Waals surface area contributed by atoms with Crippen molar-refractivity contribution in [3.8, 4) is 0 Å². The van der Waals surface area contributed by atoms with E-state index >= 15 is 0 Å². The van der Waals surface area contributed by atoms with Crippen LogP contribution < -0.4 is 0 Å². The zero-order chi connectivity index (χ0) is 12.6. The molecule has 0 rings (SSSR count). The first kappa shape index (κ1) is 15.5. The molecule has 0 aromatic carbocycles. The van der Waals surface area contributed by atoms with E-state index < -0.39 is 0 Å². The van der Waals surface area contributed by atoms with Crippen LogP contribution in [-0.2, 0) is 9.53 Å². The summed E-state index contributed by atoms with van der Waals surface area (Å²) in [6.45, 7) is 10.6. The molecule has 0 aliphatic carbocycles. The van der Waals surface area contributed by atoms with Gasteiger partial charge in [-0.05, 0) is 31.6 Å². The van der Waals surface area contributed by atoms with Crippen molar-refractivity contribution in [3.05, 3.63) is 0 Å². The van der Waals surface area contributed by atoms with Gasteiger partial charge in [0.2, 0.25) is 0 Å². The molecule has 2 atom stereocenters. The van der Waals surface area contributed by atoms with Gasteiger partial charge in [-0.3, -0.25) is 4.79 Å². The molecule has 0 amide bonds. The number of ether oxygens (including phenoxy) is 1. The fraction of sp³-hybridized carbons (Fsp3) is 0.929. The molecule has 2 nitrogen and oxygen atoms in total. The van der Waals surface area contributed by atoms with E-state index in [0.717, 1.165) is 32.1 Å². The highest BCUT2D eigenvalue weighted by atomic mass is 16.5. The molecule has 0 radical (unpaired) electrons. The third-order valence-electron chi connectivity index (χ3n) is 2.93. The third kappa shape index (κ3) is 6.14. The Morgan fingerprint density at radius 3 is 2.12 bits per heavy atom. The monoisotopic (exact) mass is 228 g/mol. The quantitative estimate of drug-likeness (QED) is 0.582. The molecular weight excluding hydrogens is 200 g/mol. The molecular formula is C14H28O2. The molecule has 0 fully saturated rings. The number of hydrogen-bond donors (Lipinski definition) is 0. The average molecular weight is 228 g/mol. The number of hydrogen-bond acceptors (Lipinski definition) is 2. The molecule has 16 heavy (non-hydrogen) atoms. The Morgan fingerprint density at radius 2 is 1.75 bits per heavy atom. The van der Waals surface area contributed by atoms with Crippen LogP contribution in [0.2, 0.25) is 0 Å². The first-order valence-electron chi connectivity index (χ1n) is 6.75. The van der Waals surface area contributed by atoms with Gasteiger partial charge in [-0.1, -0.05) is 41.0 Å². The molecule has 0 heterocycles. The van der Waals surface area contributed by atoms with Gasteiger partial charge in [0, 0.05) is 0 Å². The standard InChI is InChI=1S/C14H28O2/c1-6-9-13(8-3)16-14(15)12(7-2)10-11(4)5/h11-13H,6-10H2,1-5H3. The second-order valence-corrected chi connectivity index (χ2v) is 4.99. The van der Waals surface area contributed by atoms with Crippen LogP contribution in [0.1, 0.15) is 66.7 Å². The fourth-order valence-corrected chi connectivity index (χ4v) is 1.93. The molecule has 2 heteroatoms. The lowest BCUT2D eigenvalue weighted by molar-refractivity contribution is -0.155. The van der Waals surface area contributed by atoms with Crippen LogP contribution in [-0.4, -0.2) is 12.1 Å². The maximum absolute atomic E-state index is 11.9. The highest BCUT2D eigenvalue weighted by Crippen LogP contribution is 2.19. The van der Waals surface area contributed by atoms with Crippen molar-refractivity contribution in [2.45, 2.75) is 72.8 Å². The predicted molar refractivity (Wildman–Crippen MR) is 68.3 cm³/mol. The summed E-state index contributed by atoms with van der Waals surface area (Å²) in [5.41, 5.74) is 0. The van der Waals surface area contributed by atoms with Gasteiger partial charge >= 0.3 is 5.97 Å². The summed E-state index contributed by atoms with van der Waals surface area (Å²) in [7, 11) is 0. The second kappa shape index (κ2) is 8.60. The molecule has 0 aromatic rings. The summed E-state index contributed by atoms with van der Waals surface area (Å²) in [5, 5.41) is 0. The molecule has 0 bridgehead atoms. The Kier molecular flexibility index (Phi) is 8.32. The first-order chi connectivity index (χ1) is 7.54. The van der Waals surface area contributed by atoms with E-state index in [1.807, 2.05) is 0 Å². The minimum absolute atomic E-state index is 0.0106. The van der Waals surface area contributed by atoms with Crippen molar-refractivity contribution < 1.29 is 9.53 Å². The van der Waals surface area contributed by atoms with Crippen molar-refractivity contribution in [1.29, 1.82) is 0 Å². The first-order valence-corrected chi connectivity index (χ1v) is 6.75. The van der Waals surface area contributed by atoms with Gasteiger partial charge in [0.1, 0.15) is 6.10 Å². The lowest BCUT2D eigenvalue weighted by atomic mass is 9.95. The van der Waals surface area contributed by atoms with Crippen LogP contribution >= 0.6 is 0 Å². The average Bonchev–Trinajstić information content (AvgIpc) is 2.24. The van der Waals surface area contributed by atoms with E-state index in [4.69, 9.17) is 4.74 Å². The third-order valence-corrected chi connectivity index (χ3v) is 2.93. The molecule has 0 aromatic heterocycles. The van der Waals surface area contributed by atoms with Gasteiger partial charge in [0.25, 0.3) is 0 Å². The van der Waals surface area contributed by atoms with Crippen molar-refractivity contribution >= 4 is 5.97 Å². The largest absolute Gasteiger partial charge is 0.462 e. The fourth-order valence-electron chi connectivity index (χ4n) is 1.93. The van der Waals surface area contributed by atoms with E-state index in [1.165, 1.54) is 0 Å². The summed E-state index contributed by atoms with van der Waals surface area (Å²) >= 11 is 0. The summed E-state index contributed by atoms with van der Waals surface area (Å²) in [6, 6.07) is 0. The number of esters is 1. The second-order valence-electron chi connectivity index (χ2n) is 4.99. The lowest BCUT2D eigenvalue weighted by Crippen LogP contribution is -2.24. The topological polar surface area (TPSA) is 26.3 Å². The van der Waals surface area contributed by atoms with Gasteiger partial charge < -0.3 is 4.74 Å². The Hall–Kier alpha value is -0.530. The molecule has 2 unspecified atom stereocenters. The summed E-state index contributed by atoms with van der Waals surface area (Å²) in [5.74, 6) is 0.658. The SMILES string of the molecule is CCCC(CC)OC(=O)C(CC)CC(C)C. The summed E-state index contributed by atoms with van der Waals surface area (Å²) in [6.07, 6.45) is 4.95. The number of carbonyl (C=O) groups is 1. The van der Waals surface area contributed by atoms with Crippen molar-refractivity contribution in [1.82, 2.24) is 0 Å². The zero-order valence-electron chi connectivity index (χ0n) is 11.6. The van der Waals surface area contributed by atoms with E-state index in [9.17, 15) is 4.79 Å². The normalized spacial score (nSPS) is 14.9. The molecule has 0 saturated heterocycles. The number of rotatable bonds is 8. The van der Waals surface area contributed by atoms with Gasteiger partial charge in [-0.15, -0.1) is 0 Å². The highest BCUT2D eigenvalue weighted by Gasteiger charge is 2.21.